The number of hydrogen-bond donors (Lipinski definition) is 9. The van der Waals surface area contributed by atoms with Gasteiger partial charge in [0.1, 0.15) is 18.1 Å². The van der Waals surface area contributed by atoms with Crippen LogP contribution >= 0.6 is 0 Å². The summed E-state index contributed by atoms with van der Waals surface area (Å²) in [4.78, 5) is 62.2. The minimum atomic E-state index is -1.48. The van der Waals surface area contributed by atoms with Crippen LogP contribution in [0.15, 0.2) is 4.99 Å². The van der Waals surface area contributed by atoms with Crippen LogP contribution in [0, 0.1) is 0 Å². The molecule has 0 aromatic carbocycles. The Labute approximate surface area is 183 Å². The lowest BCUT2D eigenvalue weighted by Crippen LogP contribution is -2.57. The summed E-state index contributed by atoms with van der Waals surface area (Å²) in [7, 11) is 0. The summed E-state index contributed by atoms with van der Waals surface area (Å²) in [5.74, 6) is -5.23. The van der Waals surface area contributed by atoms with E-state index in [0.717, 1.165) is 0 Å². The third kappa shape index (κ3) is 11.7. The van der Waals surface area contributed by atoms with Gasteiger partial charge in [0.05, 0.1) is 12.6 Å². The summed E-state index contributed by atoms with van der Waals surface area (Å²) >= 11 is 0. The average Bonchev–Trinajstić information content (AvgIpc) is 2.71. The molecule has 182 valence electrons. The Balaban J connectivity index is 5.16. The molecule has 0 aromatic rings. The highest BCUT2D eigenvalue weighted by molar-refractivity contribution is 5.94. The van der Waals surface area contributed by atoms with Gasteiger partial charge in [0.2, 0.25) is 17.7 Å². The molecule has 4 unspecified atom stereocenters. The van der Waals surface area contributed by atoms with Crippen molar-refractivity contribution in [2.24, 2.45) is 22.2 Å². The fourth-order valence-corrected chi connectivity index (χ4v) is 2.30. The first-order valence-electron chi connectivity index (χ1n) is 9.66. The van der Waals surface area contributed by atoms with E-state index in [1.54, 1.807) is 0 Å². The molecule has 15 heteroatoms. The Bertz CT molecular complexity index is 711. The number of carbonyl (C=O) groups excluding carboxylic acids is 3. The normalized spacial score (nSPS) is 14.2. The third-order valence-electron chi connectivity index (χ3n) is 4.13. The summed E-state index contributed by atoms with van der Waals surface area (Å²) in [6.45, 7) is 0.528. The summed E-state index contributed by atoms with van der Waals surface area (Å²) in [5.41, 5.74) is 16.0. The second-order valence-electron chi connectivity index (χ2n) is 6.86. The van der Waals surface area contributed by atoms with Crippen molar-refractivity contribution in [2.45, 2.75) is 56.8 Å². The number of aliphatic hydroxyl groups excluding tert-OH is 1. The van der Waals surface area contributed by atoms with E-state index in [1.807, 2.05) is 0 Å². The molecule has 0 aromatic heterocycles. The van der Waals surface area contributed by atoms with Crippen LogP contribution in [0.3, 0.4) is 0 Å². The highest BCUT2D eigenvalue weighted by Crippen LogP contribution is 2.02. The van der Waals surface area contributed by atoms with Crippen molar-refractivity contribution in [3.8, 4) is 0 Å². The molecule has 0 rings (SSSR count). The van der Waals surface area contributed by atoms with Gasteiger partial charge in [-0.15, -0.1) is 0 Å². The van der Waals surface area contributed by atoms with Gasteiger partial charge in [-0.05, 0) is 26.2 Å². The number of nitrogens with two attached hydrogens (primary N) is 3. The number of amides is 3. The maximum Gasteiger partial charge on any atom is 0.325 e. The quantitative estimate of drug-likeness (QED) is 0.0640. The Morgan fingerprint density at radius 3 is 1.97 bits per heavy atom. The van der Waals surface area contributed by atoms with Crippen molar-refractivity contribution in [1.82, 2.24) is 16.0 Å². The first-order valence-corrected chi connectivity index (χ1v) is 9.66. The van der Waals surface area contributed by atoms with Crippen LogP contribution in [0.5, 0.6) is 0 Å². The van der Waals surface area contributed by atoms with Crippen molar-refractivity contribution < 1.29 is 39.3 Å². The van der Waals surface area contributed by atoms with Crippen LogP contribution in [0.2, 0.25) is 0 Å². The largest absolute Gasteiger partial charge is 0.481 e. The molecule has 0 radical (unpaired) electrons. The van der Waals surface area contributed by atoms with E-state index in [1.165, 1.54) is 6.92 Å². The molecular formula is C17H31N7O8. The number of carbonyl (C=O) groups is 5. The van der Waals surface area contributed by atoms with Gasteiger partial charge in [-0.3, -0.25) is 29.0 Å². The highest BCUT2D eigenvalue weighted by Gasteiger charge is 2.29. The molecule has 0 saturated carbocycles. The Morgan fingerprint density at radius 1 is 0.906 bits per heavy atom. The van der Waals surface area contributed by atoms with Gasteiger partial charge < -0.3 is 48.5 Å². The fourth-order valence-electron chi connectivity index (χ4n) is 2.30. The van der Waals surface area contributed by atoms with Crippen molar-refractivity contribution in [2.75, 3.05) is 13.2 Å². The number of aliphatic imine (C=N–C) groups is 1. The van der Waals surface area contributed by atoms with Crippen LogP contribution in [-0.2, 0) is 24.0 Å². The molecular weight excluding hydrogens is 430 g/mol. The maximum absolute atomic E-state index is 12.5. The zero-order valence-electron chi connectivity index (χ0n) is 17.6. The van der Waals surface area contributed by atoms with Gasteiger partial charge in [0.25, 0.3) is 0 Å². The number of nitrogens with one attached hydrogen (secondary N) is 3. The minimum Gasteiger partial charge on any atom is -0.481 e. The topological polar surface area (TPSA) is 273 Å². The predicted octanol–water partition coefficient (Wildman–Crippen LogP) is -4.22. The smallest absolute Gasteiger partial charge is 0.325 e. The third-order valence-corrected chi connectivity index (χ3v) is 4.13. The predicted molar refractivity (Wildman–Crippen MR) is 111 cm³/mol. The monoisotopic (exact) mass is 461 g/mol. The van der Waals surface area contributed by atoms with Crippen molar-refractivity contribution in [3.63, 3.8) is 0 Å². The van der Waals surface area contributed by atoms with Gasteiger partial charge in [-0.2, -0.15) is 0 Å². The lowest BCUT2D eigenvalue weighted by Gasteiger charge is -2.23. The minimum absolute atomic E-state index is 0.0188. The Kier molecular flexibility index (Phi) is 13.0. The number of rotatable bonds is 15. The van der Waals surface area contributed by atoms with Gasteiger partial charge >= 0.3 is 11.9 Å². The van der Waals surface area contributed by atoms with Crippen molar-refractivity contribution in [3.05, 3.63) is 0 Å². The molecule has 0 aliphatic heterocycles. The lowest BCUT2D eigenvalue weighted by atomic mass is 10.1. The molecule has 0 heterocycles. The van der Waals surface area contributed by atoms with Gasteiger partial charge in [0, 0.05) is 13.0 Å². The van der Waals surface area contributed by atoms with E-state index in [2.05, 4.69) is 20.9 Å². The molecule has 0 aliphatic carbocycles. The average molecular weight is 461 g/mol. The number of hydrogen-bond acceptors (Lipinski definition) is 8. The molecule has 0 aliphatic rings. The second-order valence-corrected chi connectivity index (χ2v) is 6.86. The van der Waals surface area contributed by atoms with Crippen LogP contribution in [0.1, 0.15) is 32.6 Å². The lowest BCUT2D eigenvalue weighted by molar-refractivity contribution is -0.142. The summed E-state index contributed by atoms with van der Waals surface area (Å²) in [6.07, 6.45) is -0.299. The SMILES string of the molecule is CC(NC(=O)C(CCCN=C(N)N)NC(=O)C(CO)NC(=O)C(N)CCC(=O)O)C(=O)O. The van der Waals surface area contributed by atoms with E-state index in [4.69, 9.17) is 27.4 Å². The van der Waals surface area contributed by atoms with Crippen LogP contribution in [0.25, 0.3) is 0 Å². The highest BCUT2D eigenvalue weighted by atomic mass is 16.4. The van der Waals surface area contributed by atoms with E-state index >= 15 is 0 Å². The van der Waals surface area contributed by atoms with Gasteiger partial charge in [-0.1, -0.05) is 0 Å². The van der Waals surface area contributed by atoms with Crippen LogP contribution < -0.4 is 33.2 Å². The molecule has 0 saturated heterocycles. The second kappa shape index (κ2) is 14.5. The van der Waals surface area contributed by atoms with E-state index < -0.39 is 60.4 Å². The van der Waals surface area contributed by atoms with Crippen molar-refractivity contribution >= 4 is 35.6 Å². The molecule has 12 N–H and O–H groups in total. The first-order chi connectivity index (χ1) is 14.9. The summed E-state index contributed by atoms with van der Waals surface area (Å²) in [6, 6.07) is -5.17. The fraction of sp³-hybridized carbons (Fsp3) is 0.647. The summed E-state index contributed by atoms with van der Waals surface area (Å²) < 4.78 is 0. The molecule has 15 nitrogen and oxygen atoms in total. The van der Waals surface area contributed by atoms with Crippen molar-refractivity contribution in [1.29, 1.82) is 0 Å². The molecule has 4 atom stereocenters. The maximum atomic E-state index is 12.5. The molecule has 0 fully saturated rings. The number of aliphatic carboxylic acids is 2. The van der Waals surface area contributed by atoms with Gasteiger partial charge in [0.15, 0.2) is 5.96 Å². The Morgan fingerprint density at radius 2 is 1.47 bits per heavy atom. The number of carboxylic acids is 2. The molecule has 0 spiro atoms. The number of aliphatic hydroxyl groups is 1. The van der Waals surface area contributed by atoms with Crippen LogP contribution in [-0.4, -0.2) is 88.3 Å². The van der Waals surface area contributed by atoms with Crippen LogP contribution in [0.4, 0.5) is 0 Å². The summed E-state index contributed by atoms with van der Waals surface area (Å²) in [5, 5.41) is 33.8. The Hall–Kier alpha value is -3.46. The van der Waals surface area contributed by atoms with E-state index in [9.17, 15) is 29.1 Å². The number of guanidine groups is 1. The van der Waals surface area contributed by atoms with E-state index in [-0.39, 0.29) is 38.2 Å². The first kappa shape index (κ1) is 28.5. The van der Waals surface area contributed by atoms with E-state index in [0.29, 0.717) is 0 Å². The number of carboxylic acid groups (broad SMARTS) is 2. The standard InChI is InChI=1S/C17H31N7O8/c1-8(16(31)32)22-14(29)10(3-2-6-21-17(19)20)23-15(30)11(7-25)24-13(28)9(18)4-5-12(26)27/h8-11,25H,2-7,18H2,1H3,(H,22,29)(H,23,30)(H,24,28)(H,26,27)(H,31,32)(H4,19,20,21). The van der Waals surface area contributed by atoms with Gasteiger partial charge in [-0.25, -0.2) is 0 Å². The zero-order chi connectivity index (χ0) is 24.8. The molecule has 32 heavy (non-hydrogen) atoms. The molecule has 3 amide bonds. The zero-order valence-corrected chi connectivity index (χ0v) is 17.6. The molecule has 0 bridgehead atoms. The number of nitrogens with zero attached hydrogens (tertiary/aromatic N) is 1.